The Balaban J connectivity index is 2.00. The molecular formula is C20H30O. The lowest BCUT2D eigenvalue weighted by Crippen LogP contribution is -2.06. The summed E-state index contributed by atoms with van der Waals surface area (Å²) in [6.07, 6.45) is 18.1. The van der Waals surface area contributed by atoms with Crippen molar-refractivity contribution in [3.63, 3.8) is 0 Å². The van der Waals surface area contributed by atoms with Crippen molar-refractivity contribution in [3.8, 4) is 5.75 Å². The normalized spacial score (nSPS) is 20.8. The van der Waals surface area contributed by atoms with Crippen molar-refractivity contribution in [2.75, 3.05) is 0 Å². The molecule has 0 heterocycles. The summed E-state index contributed by atoms with van der Waals surface area (Å²) in [5, 5.41) is 10.6. The van der Waals surface area contributed by atoms with Gasteiger partial charge in [-0.1, -0.05) is 38.5 Å². The van der Waals surface area contributed by atoms with E-state index in [4.69, 9.17) is 0 Å². The summed E-state index contributed by atoms with van der Waals surface area (Å²) in [7, 11) is 0. The van der Waals surface area contributed by atoms with Crippen molar-refractivity contribution >= 4 is 0 Å². The molecule has 0 atom stereocenters. The van der Waals surface area contributed by atoms with Crippen LogP contribution in [0.5, 0.6) is 5.75 Å². The molecular weight excluding hydrogens is 256 g/mol. The van der Waals surface area contributed by atoms with Crippen LogP contribution in [0.3, 0.4) is 0 Å². The first-order valence-electron chi connectivity index (χ1n) is 9.22. The number of hydrogen-bond acceptors (Lipinski definition) is 1. The second-order valence-electron chi connectivity index (χ2n) is 7.03. The Hall–Kier alpha value is -0.980. The minimum atomic E-state index is 0.602. The monoisotopic (exact) mass is 286 g/mol. The molecule has 1 aromatic rings. The minimum Gasteiger partial charge on any atom is -0.508 e. The van der Waals surface area contributed by atoms with Gasteiger partial charge in [0.25, 0.3) is 0 Å². The van der Waals surface area contributed by atoms with Crippen LogP contribution in [0.4, 0.5) is 0 Å². The van der Waals surface area contributed by atoms with E-state index in [-0.39, 0.29) is 0 Å². The van der Waals surface area contributed by atoms with Crippen LogP contribution in [0.15, 0.2) is 6.07 Å². The zero-order valence-electron chi connectivity index (χ0n) is 13.4. The van der Waals surface area contributed by atoms with Crippen molar-refractivity contribution < 1.29 is 5.11 Å². The van der Waals surface area contributed by atoms with E-state index in [2.05, 4.69) is 6.07 Å². The highest BCUT2D eigenvalue weighted by Gasteiger charge is 2.18. The van der Waals surface area contributed by atoms with Gasteiger partial charge in [-0.25, -0.2) is 0 Å². The maximum Gasteiger partial charge on any atom is 0.119 e. The first-order valence-corrected chi connectivity index (χ1v) is 9.22. The van der Waals surface area contributed by atoms with Crippen molar-refractivity contribution in [1.29, 1.82) is 0 Å². The van der Waals surface area contributed by atoms with Crippen LogP contribution in [0.1, 0.15) is 86.5 Å². The summed E-state index contributed by atoms with van der Waals surface area (Å²) in [6, 6.07) is 2.12. The number of aromatic hydroxyl groups is 1. The van der Waals surface area contributed by atoms with Gasteiger partial charge in [0.2, 0.25) is 0 Å². The number of benzene rings is 1. The van der Waals surface area contributed by atoms with Gasteiger partial charge in [-0.3, -0.25) is 0 Å². The number of phenols is 1. The molecule has 1 heteroatoms. The zero-order valence-corrected chi connectivity index (χ0v) is 13.4. The van der Waals surface area contributed by atoms with E-state index in [0.29, 0.717) is 5.75 Å². The molecule has 0 aromatic heterocycles. The van der Waals surface area contributed by atoms with Crippen LogP contribution >= 0.6 is 0 Å². The Labute approximate surface area is 129 Å². The molecule has 1 nitrogen and oxygen atoms in total. The Morgan fingerprint density at radius 2 is 1.00 bits per heavy atom. The molecule has 0 fully saturated rings. The summed E-state index contributed by atoms with van der Waals surface area (Å²) in [5.41, 5.74) is 5.95. The fraction of sp³-hybridized carbons (Fsp3) is 0.700. The highest BCUT2D eigenvalue weighted by molar-refractivity contribution is 5.50. The van der Waals surface area contributed by atoms with Gasteiger partial charge in [0, 0.05) is 0 Å². The van der Waals surface area contributed by atoms with Crippen LogP contribution < -0.4 is 0 Å². The minimum absolute atomic E-state index is 0.602. The molecule has 0 saturated carbocycles. The molecule has 1 N–H and O–H groups in total. The number of phenolic OH excluding ortho intramolecular Hbond substituents is 1. The summed E-state index contributed by atoms with van der Waals surface area (Å²) >= 11 is 0. The number of rotatable bonds is 0. The van der Waals surface area contributed by atoms with Gasteiger partial charge in [-0.15, -0.1) is 0 Å². The van der Waals surface area contributed by atoms with Crippen LogP contribution in [0, 0.1) is 0 Å². The molecule has 0 amide bonds. The maximum atomic E-state index is 10.6. The number of fused-ring (bicyclic) bond motifs is 3. The summed E-state index contributed by atoms with van der Waals surface area (Å²) in [5.74, 6) is 0.602. The fourth-order valence-corrected chi connectivity index (χ4v) is 4.27. The summed E-state index contributed by atoms with van der Waals surface area (Å²) < 4.78 is 0. The lowest BCUT2D eigenvalue weighted by molar-refractivity contribution is 0.464. The van der Waals surface area contributed by atoms with E-state index in [1.165, 1.54) is 94.6 Å². The first-order chi connectivity index (χ1) is 10.4. The van der Waals surface area contributed by atoms with Gasteiger partial charge in [-0.05, 0) is 79.7 Å². The molecule has 3 rings (SSSR count). The molecule has 2 aliphatic carbocycles. The Morgan fingerprint density at radius 1 is 0.524 bits per heavy atom. The largest absolute Gasteiger partial charge is 0.508 e. The lowest BCUT2D eigenvalue weighted by atomic mass is 9.86. The number of hydrogen-bond donors (Lipinski definition) is 1. The second kappa shape index (κ2) is 7.33. The molecule has 0 aliphatic heterocycles. The van der Waals surface area contributed by atoms with E-state index in [0.717, 1.165) is 6.42 Å². The average Bonchev–Trinajstić information content (AvgIpc) is 2.67. The van der Waals surface area contributed by atoms with Crippen LogP contribution in [0.2, 0.25) is 0 Å². The standard InChI is InChI=1S/C20H30O/c21-20-15-16-11-7-3-1-4-8-12-17(16)18-13-9-5-2-6-10-14-19(18)20/h15,21H,1-14H2. The Morgan fingerprint density at radius 3 is 1.67 bits per heavy atom. The van der Waals surface area contributed by atoms with Gasteiger partial charge < -0.3 is 5.11 Å². The van der Waals surface area contributed by atoms with Crippen molar-refractivity contribution in [3.05, 3.63) is 28.3 Å². The van der Waals surface area contributed by atoms with Crippen molar-refractivity contribution in [2.24, 2.45) is 0 Å². The van der Waals surface area contributed by atoms with Crippen molar-refractivity contribution in [1.82, 2.24) is 0 Å². The Kier molecular flexibility index (Phi) is 5.22. The average molecular weight is 286 g/mol. The highest BCUT2D eigenvalue weighted by Crippen LogP contribution is 2.34. The molecule has 0 unspecified atom stereocenters. The molecule has 0 bridgehead atoms. The third-order valence-electron chi connectivity index (χ3n) is 5.46. The molecule has 0 spiro atoms. The smallest absolute Gasteiger partial charge is 0.119 e. The second-order valence-corrected chi connectivity index (χ2v) is 7.03. The SMILES string of the molecule is Oc1cc2c(c3c1CCCCCCC3)CCCCCCC2. The predicted octanol–water partition coefficient (Wildman–Crippen LogP) is 5.49. The van der Waals surface area contributed by atoms with E-state index in [1.54, 1.807) is 11.1 Å². The molecule has 2 aliphatic rings. The lowest BCUT2D eigenvalue weighted by Gasteiger charge is -2.20. The van der Waals surface area contributed by atoms with E-state index < -0.39 is 0 Å². The highest BCUT2D eigenvalue weighted by atomic mass is 16.3. The van der Waals surface area contributed by atoms with Crippen LogP contribution in [-0.4, -0.2) is 5.11 Å². The number of aryl methyl sites for hydroxylation is 1. The van der Waals surface area contributed by atoms with Gasteiger partial charge in [0.15, 0.2) is 0 Å². The fourth-order valence-electron chi connectivity index (χ4n) is 4.27. The van der Waals surface area contributed by atoms with Gasteiger partial charge >= 0.3 is 0 Å². The topological polar surface area (TPSA) is 20.2 Å². The molecule has 21 heavy (non-hydrogen) atoms. The van der Waals surface area contributed by atoms with Crippen LogP contribution in [-0.2, 0) is 25.7 Å². The first kappa shape index (κ1) is 14.9. The van der Waals surface area contributed by atoms with Gasteiger partial charge in [0.05, 0.1) is 0 Å². The van der Waals surface area contributed by atoms with Crippen molar-refractivity contribution in [2.45, 2.75) is 89.9 Å². The molecule has 1 aromatic carbocycles. The van der Waals surface area contributed by atoms with E-state index in [1.807, 2.05) is 0 Å². The predicted molar refractivity (Wildman–Crippen MR) is 89.1 cm³/mol. The quantitative estimate of drug-likeness (QED) is 0.668. The van der Waals surface area contributed by atoms with E-state index in [9.17, 15) is 5.11 Å². The zero-order chi connectivity index (χ0) is 14.5. The van der Waals surface area contributed by atoms with E-state index >= 15 is 0 Å². The Bertz CT molecular complexity index is 475. The van der Waals surface area contributed by atoms with Gasteiger partial charge in [-0.2, -0.15) is 0 Å². The molecule has 116 valence electrons. The summed E-state index contributed by atoms with van der Waals surface area (Å²) in [6.45, 7) is 0. The summed E-state index contributed by atoms with van der Waals surface area (Å²) in [4.78, 5) is 0. The molecule has 0 saturated heterocycles. The van der Waals surface area contributed by atoms with Gasteiger partial charge in [0.1, 0.15) is 5.75 Å². The maximum absolute atomic E-state index is 10.6. The van der Waals surface area contributed by atoms with Crippen LogP contribution in [0.25, 0.3) is 0 Å². The third-order valence-corrected chi connectivity index (χ3v) is 5.46. The third kappa shape index (κ3) is 3.62. The molecule has 0 radical (unpaired) electrons.